The van der Waals surface area contributed by atoms with Gasteiger partial charge in [-0.1, -0.05) is 113 Å². The highest BCUT2D eigenvalue weighted by atomic mass is 35.5. The molecule has 3 N–H and O–H groups in total. The third kappa shape index (κ3) is 20.1. The molecule has 3 aliphatic heterocycles. The van der Waals surface area contributed by atoms with E-state index in [0.717, 1.165) is 56.6 Å². The molecule has 25 nitrogen and oxygen atoms in total. The number of alkyl halides is 3. The molecule has 0 bridgehead atoms. The molecule has 2 aromatic carbocycles. The third-order valence-corrected chi connectivity index (χ3v) is 21.5. The summed E-state index contributed by atoms with van der Waals surface area (Å²) in [4.78, 5) is 190. The summed E-state index contributed by atoms with van der Waals surface area (Å²) in [6.45, 7) is 6.13. The summed E-state index contributed by atoms with van der Waals surface area (Å²) in [5.74, 6) is -9.10. The number of amides is 12. The molecule has 3 saturated heterocycles. The number of fused-ring (bicyclic) bond motifs is 1. The van der Waals surface area contributed by atoms with Crippen LogP contribution in [0.15, 0.2) is 42.5 Å². The normalized spacial score (nSPS) is 25.6. The molecule has 0 aromatic heterocycles. The highest BCUT2D eigenvalue weighted by Crippen LogP contribution is 2.38. The molecule has 5 aliphatic rings. The minimum atomic E-state index is -4.77. The second-order valence-electron chi connectivity index (χ2n) is 28.3. The predicted molar refractivity (Wildman–Crippen MR) is 370 cm³/mol. The van der Waals surface area contributed by atoms with Crippen LogP contribution in [0.2, 0.25) is 5.02 Å². The van der Waals surface area contributed by atoms with Crippen molar-refractivity contribution in [3.63, 3.8) is 0 Å². The molecule has 1 spiro atoms. The average Bonchev–Trinajstić information content (AvgIpc) is 1.75. The standard InChI is InChI=1S/C72H104ClF3N12O13/c1-12-20-53-63(93)78-61(46(4)13-2)68(98)82(7)43-59(91)80(5)44-60(92)84(9)55(40-48-26-24-45(3)25-27-48)66(96)81(6)42-57(89)77-52(31-29-47-28-30-50(51(73)39-47)72(74,75)76)65(95)88-34-19-23-54(88)64(94)79-71(32-17-18-33-71)70(100)86(11)62(49-21-15-14-16-22-49)69(99)85(10)56(41-58(90)83(53)8)67(97)87-35-37-101-38-36-87/h24-28,30,39,46,49,52-56,61-62H,12-23,29,31-38,40-44H2,1-11H3,(H,77,89)(H,78,93)(H,79,94)/t46-,52-,53-,54?,55-,56-,61-,62-/m0/s1. The number of carbonyl (C=O) groups excluding carboxylic acids is 12. The van der Waals surface area contributed by atoms with Gasteiger partial charge in [0.15, 0.2) is 0 Å². The Labute approximate surface area is 596 Å². The molecule has 8 atom stereocenters. The number of aryl methyl sites for hydroxylation is 2. The second-order valence-corrected chi connectivity index (χ2v) is 28.7. The van der Waals surface area contributed by atoms with Gasteiger partial charge in [-0.25, -0.2) is 0 Å². The van der Waals surface area contributed by atoms with Crippen LogP contribution in [0.25, 0.3) is 0 Å². The van der Waals surface area contributed by atoms with Gasteiger partial charge in [0.1, 0.15) is 47.8 Å². The number of benzene rings is 2. The minimum Gasteiger partial charge on any atom is -0.378 e. The van der Waals surface area contributed by atoms with E-state index in [4.69, 9.17) is 16.3 Å². The van der Waals surface area contributed by atoms with Crippen molar-refractivity contribution < 1.29 is 75.4 Å². The maximum absolute atomic E-state index is 15.8. The molecule has 7 rings (SSSR count). The van der Waals surface area contributed by atoms with Crippen LogP contribution in [0, 0.1) is 18.8 Å². The second kappa shape index (κ2) is 35.8. The van der Waals surface area contributed by atoms with Crippen molar-refractivity contribution in [3.8, 4) is 0 Å². The smallest absolute Gasteiger partial charge is 0.378 e. The Kier molecular flexibility index (Phi) is 28.5. The number of morpholine rings is 1. The number of halogens is 4. The first-order chi connectivity index (χ1) is 47.7. The first kappa shape index (κ1) is 80.4. The van der Waals surface area contributed by atoms with E-state index in [1.807, 2.05) is 32.9 Å². The molecule has 5 fully saturated rings. The van der Waals surface area contributed by atoms with E-state index in [1.54, 1.807) is 19.1 Å². The molecule has 2 aliphatic carbocycles. The van der Waals surface area contributed by atoms with Crippen LogP contribution < -0.4 is 16.0 Å². The largest absolute Gasteiger partial charge is 0.417 e. The maximum Gasteiger partial charge on any atom is 0.417 e. The number of carbonyl (C=O) groups is 12. The highest BCUT2D eigenvalue weighted by molar-refractivity contribution is 6.31. The molecule has 558 valence electrons. The van der Waals surface area contributed by atoms with E-state index in [-0.39, 0.29) is 83.4 Å². The molecule has 0 radical (unpaired) electrons. The van der Waals surface area contributed by atoms with Gasteiger partial charge in [-0.3, -0.25) is 57.5 Å². The van der Waals surface area contributed by atoms with Gasteiger partial charge >= 0.3 is 6.18 Å². The lowest BCUT2D eigenvalue weighted by atomic mass is 9.81. The van der Waals surface area contributed by atoms with E-state index in [9.17, 15) is 46.7 Å². The molecule has 2 saturated carbocycles. The zero-order chi connectivity index (χ0) is 74.4. The number of hydrogen-bond donors (Lipinski definition) is 3. The quantitative estimate of drug-likeness (QED) is 0.278. The molecule has 29 heteroatoms. The van der Waals surface area contributed by atoms with Crippen LogP contribution in [0.3, 0.4) is 0 Å². The highest BCUT2D eigenvalue weighted by Gasteiger charge is 2.51. The summed E-state index contributed by atoms with van der Waals surface area (Å²) < 4.78 is 47.2. The maximum atomic E-state index is 15.8. The molecular weight excluding hydrogens is 1330 g/mol. The van der Waals surface area contributed by atoms with Crippen molar-refractivity contribution >= 4 is 82.5 Å². The van der Waals surface area contributed by atoms with Crippen LogP contribution in [-0.2, 0) is 81.3 Å². The summed E-state index contributed by atoms with van der Waals surface area (Å²) in [5.41, 5.74) is -0.844. The molecule has 3 heterocycles. The Morgan fingerprint density at radius 1 is 0.644 bits per heavy atom. The van der Waals surface area contributed by atoms with E-state index in [0.29, 0.717) is 50.5 Å². The number of nitrogens with one attached hydrogen (secondary N) is 3. The lowest BCUT2D eigenvalue weighted by molar-refractivity contribution is -0.158. The number of hydrogen-bond acceptors (Lipinski definition) is 13. The van der Waals surface area contributed by atoms with Crippen LogP contribution in [0.5, 0.6) is 0 Å². The van der Waals surface area contributed by atoms with Crippen molar-refractivity contribution in [2.24, 2.45) is 11.8 Å². The first-order valence-electron chi connectivity index (χ1n) is 35.5. The first-order valence-corrected chi connectivity index (χ1v) is 35.9. The minimum absolute atomic E-state index is 0.0175. The van der Waals surface area contributed by atoms with Crippen LogP contribution in [-0.4, -0.2) is 265 Å². The lowest BCUT2D eigenvalue weighted by Crippen LogP contribution is -2.65. The predicted octanol–water partition coefficient (Wildman–Crippen LogP) is 4.60. The van der Waals surface area contributed by atoms with Crippen LogP contribution >= 0.6 is 11.6 Å². The van der Waals surface area contributed by atoms with Gasteiger partial charge in [0.25, 0.3) is 0 Å². The Bertz CT molecular complexity index is 3330. The van der Waals surface area contributed by atoms with Crippen LogP contribution in [0.1, 0.15) is 146 Å². The summed E-state index contributed by atoms with van der Waals surface area (Å²) in [5, 5.41) is 8.08. The molecule has 1 unspecified atom stereocenters. The van der Waals surface area contributed by atoms with Crippen molar-refractivity contribution in [2.75, 3.05) is 102 Å². The molecule has 2 aromatic rings. The summed E-state index contributed by atoms with van der Waals surface area (Å²) >= 11 is 6.15. The summed E-state index contributed by atoms with van der Waals surface area (Å²) in [6.07, 6.45) is 0.301. The Morgan fingerprint density at radius 2 is 1.26 bits per heavy atom. The lowest BCUT2D eigenvalue weighted by Gasteiger charge is -2.43. The molecule has 12 amide bonds. The summed E-state index contributed by atoms with van der Waals surface area (Å²) in [7, 11) is 9.75. The molecular formula is C72H104ClF3N12O13. The van der Waals surface area contributed by atoms with Gasteiger partial charge < -0.3 is 64.8 Å². The number of likely N-dealkylation sites (N-methyl/N-ethyl adjacent to an activating group) is 7. The average molecular weight is 1440 g/mol. The van der Waals surface area contributed by atoms with Gasteiger partial charge in [0, 0.05) is 75.4 Å². The molecule has 101 heavy (non-hydrogen) atoms. The van der Waals surface area contributed by atoms with E-state index < -0.39 is 173 Å². The van der Waals surface area contributed by atoms with Crippen LogP contribution in [0.4, 0.5) is 13.2 Å². The number of rotatable bonds is 11. The van der Waals surface area contributed by atoms with Crippen molar-refractivity contribution in [3.05, 3.63) is 69.7 Å². The third-order valence-electron chi connectivity index (χ3n) is 21.1. The zero-order valence-corrected chi connectivity index (χ0v) is 61.2. The van der Waals surface area contributed by atoms with Crippen molar-refractivity contribution in [1.82, 2.24) is 60.0 Å². The summed E-state index contributed by atoms with van der Waals surface area (Å²) in [6, 6.07) is 1.30. The fourth-order valence-corrected chi connectivity index (χ4v) is 14.9. The Morgan fingerprint density at radius 3 is 1.87 bits per heavy atom. The van der Waals surface area contributed by atoms with Gasteiger partial charge in [0.2, 0.25) is 70.9 Å². The Balaban J connectivity index is 1.29. The van der Waals surface area contributed by atoms with Crippen molar-refractivity contribution in [1.29, 1.82) is 0 Å². The van der Waals surface area contributed by atoms with E-state index in [1.165, 1.54) is 79.9 Å². The van der Waals surface area contributed by atoms with Crippen molar-refractivity contribution in [2.45, 2.75) is 197 Å². The fourth-order valence-electron chi connectivity index (χ4n) is 14.6. The topological polar surface area (TPSA) is 279 Å². The van der Waals surface area contributed by atoms with Gasteiger partial charge in [-0.15, -0.1) is 0 Å². The van der Waals surface area contributed by atoms with Gasteiger partial charge in [-0.2, -0.15) is 13.2 Å². The number of nitrogens with zero attached hydrogens (tertiary/aromatic N) is 9. The number of ether oxygens (including phenoxy) is 1. The van der Waals surface area contributed by atoms with Gasteiger partial charge in [0.05, 0.1) is 49.9 Å². The zero-order valence-electron chi connectivity index (χ0n) is 60.5. The fraction of sp³-hybridized carbons (Fsp3) is 0.667. The van der Waals surface area contributed by atoms with E-state index in [2.05, 4.69) is 16.0 Å². The SMILES string of the molecule is CCC[C@H]1C(=O)N[C@@H]([C@@H](C)CC)C(=O)N(C)CC(=O)N(C)CC(=O)N(C)[C@@H](Cc2ccc(C)cc2)C(=O)N(C)CC(=O)N[C@@H](CCc2ccc(C(F)(F)F)c(Cl)c2)C(=O)N2CCCC2C(=O)NC2(CCCC2)C(=O)N(C)[C@@H](C2CCCCC2)C(=O)N(C)[C@H](C(=O)N2CCOCC2)CC(=O)N1C. The van der Waals surface area contributed by atoms with Gasteiger partial charge in [-0.05, 0) is 99.8 Å². The van der Waals surface area contributed by atoms with E-state index >= 15 is 24.0 Å². The monoisotopic (exact) mass is 1440 g/mol. The Hall–Kier alpha value is -7.88.